The van der Waals surface area contributed by atoms with E-state index in [2.05, 4.69) is 4.98 Å². The van der Waals surface area contributed by atoms with Crippen molar-refractivity contribution in [1.82, 2.24) is 9.55 Å². The minimum atomic E-state index is -0.523. The molecule has 1 aliphatic carbocycles. The lowest BCUT2D eigenvalue weighted by molar-refractivity contribution is -0.390. The summed E-state index contributed by atoms with van der Waals surface area (Å²) in [4.78, 5) is 14.0. The number of aromatic nitrogens is 2. The Morgan fingerprint density at radius 2 is 2.33 bits per heavy atom. The van der Waals surface area contributed by atoms with Crippen molar-refractivity contribution in [2.24, 2.45) is 24.6 Å². The first kappa shape index (κ1) is 12.8. The molecule has 0 amide bonds. The van der Waals surface area contributed by atoms with Crippen LogP contribution < -0.4 is 10.5 Å². The maximum absolute atomic E-state index is 10.8. The van der Waals surface area contributed by atoms with E-state index in [4.69, 9.17) is 10.5 Å². The minimum absolute atomic E-state index is 0.222. The summed E-state index contributed by atoms with van der Waals surface area (Å²) in [6.45, 7) is 1.13. The van der Waals surface area contributed by atoms with Crippen LogP contribution in [0.1, 0.15) is 19.3 Å². The Hall–Kier alpha value is -1.63. The van der Waals surface area contributed by atoms with Gasteiger partial charge in [0.05, 0.1) is 6.61 Å². The van der Waals surface area contributed by atoms with Crippen LogP contribution in [0.5, 0.6) is 5.88 Å². The number of hydrogen-bond donors (Lipinski definition) is 1. The zero-order chi connectivity index (χ0) is 13.1. The molecule has 1 aliphatic rings. The summed E-state index contributed by atoms with van der Waals surface area (Å²) in [5.74, 6) is 0.865. The van der Waals surface area contributed by atoms with Gasteiger partial charge in [0, 0.05) is 7.05 Å². The number of ether oxygens (including phenoxy) is 1. The van der Waals surface area contributed by atoms with Crippen LogP contribution in [0.2, 0.25) is 0 Å². The van der Waals surface area contributed by atoms with E-state index in [1.54, 1.807) is 7.05 Å². The van der Waals surface area contributed by atoms with E-state index >= 15 is 0 Å². The number of hydrogen-bond acceptors (Lipinski definition) is 5. The van der Waals surface area contributed by atoms with Gasteiger partial charge in [-0.25, -0.2) is 0 Å². The summed E-state index contributed by atoms with van der Waals surface area (Å²) in [5, 5.41) is 10.8. The first-order chi connectivity index (χ1) is 8.63. The molecule has 7 heteroatoms. The van der Waals surface area contributed by atoms with E-state index in [0.717, 1.165) is 19.3 Å². The van der Waals surface area contributed by atoms with Crippen LogP contribution in [0.25, 0.3) is 0 Å². The van der Waals surface area contributed by atoms with Crippen LogP contribution in [-0.4, -0.2) is 27.6 Å². The first-order valence-electron chi connectivity index (χ1n) is 6.12. The van der Waals surface area contributed by atoms with E-state index < -0.39 is 4.92 Å². The first-order valence-corrected chi connectivity index (χ1v) is 6.12. The highest BCUT2D eigenvalue weighted by molar-refractivity contribution is 5.33. The second kappa shape index (κ2) is 5.34. The number of nitro groups is 1. The number of rotatable bonds is 5. The molecule has 1 saturated carbocycles. The Kier molecular flexibility index (Phi) is 3.81. The second-order valence-electron chi connectivity index (χ2n) is 4.74. The molecule has 18 heavy (non-hydrogen) atoms. The van der Waals surface area contributed by atoms with Crippen molar-refractivity contribution >= 4 is 5.82 Å². The number of aryl methyl sites for hydroxylation is 1. The summed E-state index contributed by atoms with van der Waals surface area (Å²) >= 11 is 0. The molecule has 2 N–H and O–H groups in total. The van der Waals surface area contributed by atoms with Gasteiger partial charge in [-0.15, -0.1) is 0 Å². The highest BCUT2D eigenvalue weighted by atomic mass is 16.6. The van der Waals surface area contributed by atoms with Crippen molar-refractivity contribution < 1.29 is 9.66 Å². The molecule has 1 heterocycles. The molecule has 0 aliphatic heterocycles. The van der Waals surface area contributed by atoms with Crippen LogP contribution in [0.3, 0.4) is 0 Å². The van der Waals surface area contributed by atoms with Gasteiger partial charge in [-0.05, 0) is 41.1 Å². The molecule has 0 radical (unpaired) electrons. The van der Waals surface area contributed by atoms with Gasteiger partial charge >= 0.3 is 5.82 Å². The summed E-state index contributed by atoms with van der Waals surface area (Å²) < 4.78 is 7.12. The topological polar surface area (TPSA) is 96.2 Å². The number of nitrogens with zero attached hydrogens (tertiary/aromatic N) is 3. The lowest BCUT2D eigenvalue weighted by Crippen LogP contribution is -2.23. The van der Waals surface area contributed by atoms with Crippen molar-refractivity contribution in [3.05, 3.63) is 16.4 Å². The summed E-state index contributed by atoms with van der Waals surface area (Å²) in [6.07, 6.45) is 4.75. The lowest BCUT2D eigenvalue weighted by Gasteiger charge is -2.17. The van der Waals surface area contributed by atoms with Gasteiger partial charge < -0.3 is 20.6 Å². The Bertz CT molecular complexity index is 432. The zero-order valence-corrected chi connectivity index (χ0v) is 10.4. The third kappa shape index (κ3) is 2.45. The van der Waals surface area contributed by atoms with Crippen LogP contribution in [0.15, 0.2) is 6.33 Å². The van der Waals surface area contributed by atoms with Gasteiger partial charge in [-0.1, -0.05) is 6.42 Å². The van der Waals surface area contributed by atoms with Crippen LogP contribution >= 0.6 is 0 Å². The van der Waals surface area contributed by atoms with Gasteiger partial charge in [-0.3, -0.25) is 4.57 Å². The van der Waals surface area contributed by atoms with Crippen molar-refractivity contribution in [3.8, 4) is 5.88 Å². The molecule has 0 spiro atoms. The fourth-order valence-electron chi connectivity index (χ4n) is 2.53. The molecule has 100 valence electrons. The van der Waals surface area contributed by atoms with Crippen molar-refractivity contribution in [3.63, 3.8) is 0 Å². The molecule has 7 nitrogen and oxygen atoms in total. The van der Waals surface area contributed by atoms with Crippen molar-refractivity contribution in [2.75, 3.05) is 13.2 Å². The normalized spacial score (nSPS) is 23.2. The Balaban J connectivity index is 2.01. The summed E-state index contributed by atoms with van der Waals surface area (Å²) in [7, 11) is 1.68. The molecule has 0 aromatic carbocycles. The highest BCUT2D eigenvalue weighted by Crippen LogP contribution is 2.32. The average Bonchev–Trinajstić information content (AvgIpc) is 2.92. The lowest BCUT2D eigenvalue weighted by atomic mass is 9.97. The molecular formula is C11H18N4O3. The predicted octanol–water partition coefficient (Wildman–Crippen LogP) is 1.08. The second-order valence-corrected chi connectivity index (χ2v) is 4.74. The van der Waals surface area contributed by atoms with Gasteiger partial charge in [0.25, 0.3) is 5.88 Å². The molecule has 1 fully saturated rings. The SMILES string of the molecule is Cn1cnc([N+](=O)[O-])c1OCC1CCCC1CN. The number of nitrogens with two attached hydrogens (primary N) is 1. The van der Waals surface area contributed by atoms with E-state index in [9.17, 15) is 10.1 Å². The molecular weight excluding hydrogens is 236 g/mol. The zero-order valence-electron chi connectivity index (χ0n) is 10.4. The Morgan fingerprint density at radius 3 is 3.00 bits per heavy atom. The van der Waals surface area contributed by atoms with Crippen molar-refractivity contribution in [2.45, 2.75) is 19.3 Å². The van der Waals surface area contributed by atoms with Gasteiger partial charge in [0.2, 0.25) is 6.33 Å². The third-order valence-electron chi connectivity index (χ3n) is 3.59. The third-order valence-corrected chi connectivity index (χ3v) is 3.59. The van der Waals surface area contributed by atoms with Gasteiger partial charge in [0.1, 0.15) is 0 Å². The molecule has 0 bridgehead atoms. The molecule has 1 aromatic rings. The van der Waals surface area contributed by atoms with Gasteiger partial charge in [-0.2, -0.15) is 0 Å². The Labute approximate surface area is 105 Å². The smallest absolute Gasteiger partial charge is 0.426 e. The van der Waals surface area contributed by atoms with E-state index in [1.807, 2.05) is 0 Å². The van der Waals surface area contributed by atoms with Gasteiger partial charge in [0.15, 0.2) is 0 Å². The van der Waals surface area contributed by atoms with Crippen LogP contribution in [-0.2, 0) is 7.05 Å². The molecule has 0 saturated heterocycles. The van der Waals surface area contributed by atoms with E-state index in [1.165, 1.54) is 10.9 Å². The molecule has 2 rings (SSSR count). The monoisotopic (exact) mass is 254 g/mol. The van der Waals surface area contributed by atoms with Crippen LogP contribution in [0, 0.1) is 22.0 Å². The minimum Gasteiger partial charge on any atom is -0.472 e. The average molecular weight is 254 g/mol. The maximum Gasteiger partial charge on any atom is 0.426 e. The summed E-state index contributed by atoms with van der Waals surface area (Å²) in [5.41, 5.74) is 5.70. The number of imidazole rings is 1. The quantitative estimate of drug-likeness (QED) is 0.626. The van der Waals surface area contributed by atoms with Crippen LogP contribution in [0.4, 0.5) is 5.82 Å². The predicted molar refractivity (Wildman–Crippen MR) is 65.2 cm³/mol. The maximum atomic E-state index is 10.8. The Morgan fingerprint density at radius 1 is 1.61 bits per heavy atom. The standard InChI is InChI=1S/C11H18N4O3/c1-14-7-13-10(15(16)17)11(14)18-6-9-4-2-3-8(9)5-12/h7-9H,2-6,12H2,1H3. The van der Waals surface area contributed by atoms with E-state index in [-0.39, 0.29) is 11.7 Å². The fourth-order valence-corrected chi connectivity index (χ4v) is 2.53. The fraction of sp³-hybridized carbons (Fsp3) is 0.727. The van der Waals surface area contributed by atoms with E-state index in [0.29, 0.717) is 25.0 Å². The van der Waals surface area contributed by atoms with Crippen molar-refractivity contribution in [1.29, 1.82) is 0 Å². The molecule has 2 unspecified atom stereocenters. The molecule has 2 atom stereocenters. The largest absolute Gasteiger partial charge is 0.472 e. The highest BCUT2D eigenvalue weighted by Gasteiger charge is 2.29. The summed E-state index contributed by atoms with van der Waals surface area (Å²) in [6, 6.07) is 0. The molecule has 1 aromatic heterocycles.